The Morgan fingerprint density at radius 3 is 2.50 bits per heavy atom. The number of nitrogens with one attached hydrogen (secondary N) is 1. The van der Waals surface area contributed by atoms with E-state index in [1.165, 1.54) is 16.7 Å². The molecular weight excluding hydrogens is 326 g/mol. The van der Waals surface area contributed by atoms with Crippen LogP contribution in [0.5, 0.6) is 11.5 Å². The zero-order chi connectivity index (χ0) is 19.9. The van der Waals surface area contributed by atoms with Crippen LogP contribution in [0.4, 0.5) is 0 Å². The van der Waals surface area contributed by atoms with Gasteiger partial charge in [-0.2, -0.15) is 0 Å². The number of aliphatic hydroxyl groups is 1. The predicted molar refractivity (Wildman–Crippen MR) is 111 cm³/mol. The number of hydrogen-bond acceptors (Lipinski definition) is 4. The molecule has 0 aliphatic heterocycles. The van der Waals surface area contributed by atoms with E-state index >= 15 is 0 Å². The average Bonchev–Trinajstić information content (AvgIpc) is 2.72. The number of ether oxygens (including phenoxy) is 2. The minimum absolute atomic E-state index is 0.519. The van der Waals surface area contributed by atoms with E-state index in [9.17, 15) is 0 Å². The lowest BCUT2D eigenvalue weighted by Crippen LogP contribution is -2.35. The maximum absolute atomic E-state index is 7.00. The first-order chi connectivity index (χ1) is 12.7. The van der Waals surface area contributed by atoms with Gasteiger partial charge in [0.05, 0.1) is 14.2 Å². The molecule has 0 radical (unpaired) electrons. The first kappa shape index (κ1) is 24.2. The van der Waals surface area contributed by atoms with Crippen LogP contribution in [-0.4, -0.2) is 39.0 Å². The van der Waals surface area contributed by atoms with E-state index in [0.29, 0.717) is 6.04 Å². The highest BCUT2D eigenvalue weighted by molar-refractivity contribution is 5.52. The number of hydrogen-bond donors (Lipinski definition) is 2. The molecule has 0 spiro atoms. The summed E-state index contributed by atoms with van der Waals surface area (Å²) in [6.07, 6.45) is 8.24. The van der Waals surface area contributed by atoms with Crippen molar-refractivity contribution >= 4 is 0 Å². The lowest BCUT2D eigenvalue weighted by atomic mass is 9.87. The summed E-state index contributed by atoms with van der Waals surface area (Å²) in [5.41, 5.74) is 4.07. The second kappa shape index (κ2) is 14.4. The van der Waals surface area contributed by atoms with Gasteiger partial charge in [-0.25, -0.2) is 0 Å². The third kappa shape index (κ3) is 6.85. The Kier molecular flexibility index (Phi) is 13.4. The van der Waals surface area contributed by atoms with Gasteiger partial charge in [0.2, 0.25) is 0 Å². The van der Waals surface area contributed by atoms with Crippen LogP contribution < -0.4 is 14.8 Å². The molecule has 26 heavy (non-hydrogen) atoms. The average molecular weight is 364 g/mol. The minimum atomic E-state index is 0.519. The second-order valence-corrected chi connectivity index (χ2v) is 5.67. The molecule has 1 aliphatic carbocycles. The lowest BCUT2D eigenvalue weighted by Gasteiger charge is -2.28. The van der Waals surface area contributed by atoms with E-state index in [0.717, 1.165) is 50.8 Å². The first-order valence-corrected chi connectivity index (χ1v) is 9.44. The van der Waals surface area contributed by atoms with Crippen LogP contribution in [0.3, 0.4) is 0 Å². The van der Waals surface area contributed by atoms with E-state index in [-0.39, 0.29) is 0 Å². The highest BCUT2D eigenvalue weighted by Gasteiger charge is 2.23. The summed E-state index contributed by atoms with van der Waals surface area (Å²) >= 11 is 0. The normalized spacial score (nSPS) is 15.5. The van der Waals surface area contributed by atoms with Gasteiger partial charge in [0.15, 0.2) is 11.5 Å². The summed E-state index contributed by atoms with van der Waals surface area (Å²) in [5, 5.41) is 10.7. The molecule has 1 atom stereocenters. The maximum atomic E-state index is 7.00. The van der Waals surface area contributed by atoms with Crippen molar-refractivity contribution in [3.05, 3.63) is 47.6 Å². The van der Waals surface area contributed by atoms with Gasteiger partial charge in [-0.3, -0.25) is 0 Å². The molecule has 4 nitrogen and oxygen atoms in total. The molecule has 148 valence electrons. The van der Waals surface area contributed by atoms with E-state index in [1.54, 1.807) is 14.2 Å². The Bertz CT molecular complexity index is 553. The smallest absolute Gasteiger partial charge is 0.164 e. The van der Waals surface area contributed by atoms with Crippen LogP contribution in [0.1, 0.15) is 44.7 Å². The summed E-state index contributed by atoms with van der Waals surface area (Å²) in [6, 6.07) is 4.70. The Morgan fingerprint density at radius 1 is 1.27 bits per heavy atom. The number of rotatable bonds is 7. The van der Waals surface area contributed by atoms with Crippen molar-refractivity contribution < 1.29 is 14.6 Å². The standard InChI is InChI=1S/C19H27NO2.C2H6.CH4O/c1-5-7-14(6-2)13-20-16-9-10-17-15(12-16)8-11-18(21-3)19(17)22-4;2*1-2/h5,7-8,11,16,20H,1,6,9-10,12-13H2,2-4H3;1-2H3;2H,1H3/b14-7+;;/t16-;;/m0../s1. The molecule has 0 aromatic heterocycles. The topological polar surface area (TPSA) is 50.7 Å². The number of aliphatic hydroxyl groups excluding tert-OH is 1. The van der Waals surface area contributed by atoms with Crippen LogP contribution in [0.25, 0.3) is 0 Å². The molecular formula is C22H37NO3. The fraction of sp³-hybridized carbons (Fsp3) is 0.545. The molecule has 0 amide bonds. The molecule has 1 aliphatic rings. The molecule has 2 rings (SSSR count). The maximum Gasteiger partial charge on any atom is 0.164 e. The minimum Gasteiger partial charge on any atom is -0.493 e. The van der Waals surface area contributed by atoms with E-state index in [2.05, 4.69) is 31.0 Å². The van der Waals surface area contributed by atoms with Crippen molar-refractivity contribution in [2.45, 2.75) is 52.5 Å². The molecule has 0 unspecified atom stereocenters. The molecule has 0 fully saturated rings. The van der Waals surface area contributed by atoms with Gasteiger partial charge < -0.3 is 19.9 Å². The van der Waals surface area contributed by atoms with Gasteiger partial charge in [-0.1, -0.05) is 51.1 Å². The van der Waals surface area contributed by atoms with Gasteiger partial charge in [-0.05, 0) is 37.3 Å². The van der Waals surface area contributed by atoms with Gasteiger partial charge in [0, 0.05) is 25.3 Å². The Hall–Kier alpha value is -1.78. The second-order valence-electron chi connectivity index (χ2n) is 5.67. The number of allylic oxidation sites excluding steroid dienone is 2. The molecule has 0 saturated carbocycles. The highest BCUT2D eigenvalue weighted by Crippen LogP contribution is 2.37. The quantitative estimate of drug-likeness (QED) is 0.709. The SMILES string of the molecule is C=C/C=C(\CC)CN[C@H]1CCc2c(ccc(OC)c2OC)C1.CC.CO. The molecule has 4 heteroatoms. The monoisotopic (exact) mass is 363 g/mol. The Labute approximate surface area is 159 Å². The lowest BCUT2D eigenvalue weighted by molar-refractivity contribution is 0.347. The molecule has 0 bridgehead atoms. The first-order valence-electron chi connectivity index (χ1n) is 9.44. The Balaban J connectivity index is 0.00000146. The van der Waals surface area contributed by atoms with E-state index < -0.39 is 0 Å². The van der Waals surface area contributed by atoms with Crippen molar-refractivity contribution in [1.29, 1.82) is 0 Å². The van der Waals surface area contributed by atoms with Gasteiger partial charge in [0.25, 0.3) is 0 Å². The third-order valence-electron chi connectivity index (χ3n) is 4.38. The van der Waals surface area contributed by atoms with Crippen LogP contribution >= 0.6 is 0 Å². The van der Waals surface area contributed by atoms with Crippen molar-refractivity contribution in [3.8, 4) is 11.5 Å². The molecule has 1 aromatic carbocycles. The summed E-state index contributed by atoms with van der Waals surface area (Å²) in [7, 11) is 4.41. The number of benzene rings is 1. The fourth-order valence-corrected chi connectivity index (χ4v) is 3.10. The summed E-state index contributed by atoms with van der Waals surface area (Å²) in [6.45, 7) is 10.9. The fourth-order valence-electron chi connectivity index (χ4n) is 3.10. The van der Waals surface area contributed by atoms with Crippen LogP contribution in [-0.2, 0) is 12.8 Å². The van der Waals surface area contributed by atoms with Crippen LogP contribution in [0.2, 0.25) is 0 Å². The van der Waals surface area contributed by atoms with Crippen molar-refractivity contribution in [2.24, 2.45) is 0 Å². The van der Waals surface area contributed by atoms with Crippen molar-refractivity contribution in [1.82, 2.24) is 5.32 Å². The van der Waals surface area contributed by atoms with Crippen LogP contribution in [0, 0.1) is 0 Å². The zero-order valence-corrected chi connectivity index (χ0v) is 17.4. The predicted octanol–water partition coefficient (Wildman–Crippen LogP) is 4.31. The van der Waals surface area contributed by atoms with Crippen molar-refractivity contribution in [2.75, 3.05) is 27.9 Å². The summed E-state index contributed by atoms with van der Waals surface area (Å²) in [4.78, 5) is 0. The van der Waals surface area contributed by atoms with Gasteiger partial charge in [-0.15, -0.1) is 0 Å². The van der Waals surface area contributed by atoms with E-state index in [1.807, 2.05) is 26.0 Å². The highest BCUT2D eigenvalue weighted by atomic mass is 16.5. The third-order valence-corrected chi connectivity index (χ3v) is 4.38. The number of methoxy groups -OCH3 is 2. The summed E-state index contributed by atoms with van der Waals surface area (Å²) in [5.74, 6) is 1.73. The largest absolute Gasteiger partial charge is 0.493 e. The van der Waals surface area contributed by atoms with Crippen LogP contribution in [0.15, 0.2) is 36.4 Å². The Morgan fingerprint density at radius 2 is 1.96 bits per heavy atom. The van der Waals surface area contributed by atoms with Gasteiger partial charge in [0.1, 0.15) is 0 Å². The molecule has 0 saturated heterocycles. The summed E-state index contributed by atoms with van der Waals surface area (Å²) < 4.78 is 10.9. The zero-order valence-electron chi connectivity index (χ0n) is 17.4. The van der Waals surface area contributed by atoms with E-state index in [4.69, 9.17) is 14.6 Å². The van der Waals surface area contributed by atoms with Crippen molar-refractivity contribution in [3.63, 3.8) is 0 Å². The molecule has 1 aromatic rings. The number of fused-ring (bicyclic) bond motifs is 1. The van der Waals surface area contributed by atoms with Gasteiger partial charge >= 0.3 is 0 Å². The molecule has 0 heterocycles. The molecule has 2 N–H and O–H groups in total.